The minimum Gasteiger partial charge on any atom is -0.381 e. The molecular weight excluding hydrogens is 316 g/mol. The maximum absolute atomic E-state index is 11.8. The van der Waals surface area contributed by atoms with E-state index < -0.39 is 0 Å². The summed E-state index contributed by atoms with van der Waals surface area (Å²) in [6.45, 7) is 6.47. The highest BCUT2D eigenvalue weighted by Gasteiger charge is 2.24. The van der Waals surface area contributed by atoms with Crippen LogP contribution in [-0.2, 0) is 9.53 Å². The molecule has 1 fully saturated rings. The van der Waals surface area contributed by atoms with Gasteiger partial charge in [-0.1, -0.05) is 12.7 Å². The van der Waals surface area contributed by atoms with Crippen molar-refractivity contribution in [3.8, 4) is 0 Å². The van der Waals surface area contributed by atoms with Crippen LogP contribution in [0.3, 0.4) is 0 Å². The number of nitrogens with one attached hydrogen (secondary N) is 1. The largest absolute Gasteiger partial charge is 0.381 e. The van der Waals surface area contributed by atoms with E-state index in [4.69, 9.17) is 4.74 Å². The molecule has 0 radical (unpaired) electrons. The minimum atomic E-state index is -0.0207. The topological polar surface area (TPSA) is 71.1 Å². The van der Waals surface area contributed by atoms with E-state index in [-0.39, 0.29) is 5.91 Å². The van der Waals surface area contributed by atoms with Gasteiger partial charge in [0, 0.05) is 37.9 Å². The van der Waals surface area contributed by atoms with Crippen molar-refractivity contribution in [3.05, 3.63) is 42.5 Å². The van der Waals surface area contributed by atoms with Crippen LogP contribution >= 0.6 is 0 Å². The first-order chi connectivity index (χ1) is 12.3. The van der Waals surface area contributed by atoms with Gasteiger partial charge >= 0.3 is 0 Å². The van der Waals surface area contributed by atoms with Gasteiger partial charge in [-0.05, 0) is 42.4 Å². The Labute approximate surface area is 146 Å². The number of ether oxygens (including phenoxy) is 1. The summed E-state index contributed by atoms with van der Waals surface area (Å²) in [5.74, 6) is 0.461. The van der Waals surface area contributed by atoms with Crippen molar-refractivity contribution < 1.29 is 9.53 Å². The molecule has 0 aromatic carbocycles. The first kappa shape index (κ1) is 16.0. The number of carbonyl (C=O) groups excluding carboxylic acids is 1. The third-order valence-electron chi connectivity index (χ3n) is 5.16. The predicted molar refractivity (Wildman–Crippen MR) is 96.1 cm³/mol. The number of amides is 1. The zero-order valence-electron chi connectivity index (χ0n) is 14.2. The summed E-state index contributed by atoms with van der Waals surface area (Å²) in [6.07, 6.45) is 10.0. The molecule has 0 saturated carbocycles. The molecule has 25 heavy (non-hydrogen) atoms. The molecule has 2 aliphatic rings. The molecule has 4 rings (SSSR count). The normalized spacial score (nSPS) is 19.0. The molecule has 2 aliphatic heterocycles. The molecule has 0 unspecified atom stereocenters. The molecular formula is C19H22N4O2. The average Bonchev–Trinajstić information content (AvgIpc) is 3.12. The lowest BCUT2D eigenvalue weighted by atomic mass is 9.90. The van der Waals surface area contributed by atoms with E-state index in [9.17, 15) is 4.79 Å². The summed E-state index contributed by atoms with van der Waals surface area (Å²) >= 11 is 0. The second kappa shape index (κ2) is 6.80. The molecule has 0 atom stereocenters. The van der Waals surface area contributed by atoms with E-state index in [1.54, 1.807) is 11.2 Å². The monoisotopic (exact) mass is 338 g/mol. The number of carbonyl (C=O) groups is 1. The number of aromatic nitrogens is 3. The van der Waals surface area contributed by atoms with Crippen LogP contribution in [0.4, 0.5) is 0 Å². The zero-order chi connectivity index (χ0) is 17.2. The molecule has 130 valence electrons. The Morgan fingerprint density at radius 2 is 2.20 bits per heavy atom. The van der Waals surface area contributed by atoms with Crippen molar-refractivity contribution >= 4 is 22.5 Å². The molecule has 0 aliphatic carbocycles. The fourth-order valence-electron chi connectivity index (χ4n) is 3.77. The van der Waals surface area contributed by atoms with E-state index >= 15 is 0 Å². The van der Waals surface area contributed by atoms with Gasteiger partial charge in [-0.3, -0.25) is 4.79 Å². The lowest BCUT2D eigenvalue weighted by Crippen LogP contribution is -2.33. The molecule has 6 nitrogen and oxygen atoms in total. The van der Waals surface area contributed by atoms with Gasteiger partial charge in [-0.15, -0.1) is 0 Å². The van der Waals surface area contributed by atoms with Crippen LogP contribution < -0.4 is 0 Å². The highest BCUT2D eigenvalue weighted by molar-refractivity contribution is 5.92. The highest BCUT2D eigenvalue weighted by Crippen LogP contribution is 2.36. The quantitative estimate of drug-likeness (QED) is 0.874. The summed E-state index contributed by atoms with van der Waals surface area (Å²) in [5, 5.41) is 1.13. The van der Waals surface area contributed by atoms with Crippen molar-refractivity contribution in [1.82, 2.24) is 19.9 Å². The SMILES string of the molecule is C=CC(=O)N1CC=C(c2ncnc3[nH]cc(C4CCOCC4)c23)CC1. The number of rotatable bonds is 3. The van der Waals surface area contributed by atoms with E-state index in [1.165, 1.54) is 17.2 Å². The summed E-state index contributed by atoms with van der Waals surface area (Å²) in [5.41, 5.74) is 4.36. The van der Waals surface area contributed by atoms with Crippen LogP contribution in [0.5, 0.6) is 0 Å². The summed E-state index contributed by atoms with van der Waals surface area (Å²) in [7, 11) is 0. The van der Waals surface area contributed by atoms with Crippen molar-refractivity contribution in [2.45, 2.75) is 25.2 Å². The fourth-order valence-corrected chi connectivity index (χ4v) is 3.77. The second-order valence-corrected chi connectivity index (χ2v) is 6.54. The zero-order valence-corrected chi connectivity index (χ0v) is 14.2. The molecule has 1 amide bonds. The molecule has 0 spiro atoms. The number of hydrogen-bond acceptors (Lipinski definition) is 4. The summed E-state index contributed by atoms with van der Waals surface area (Å²) in [6, 6.07) is 0. The molecule has 6 heteroatoms. The Bertz CT molecular complexity index is 833. The van der Waals surface area contributed by atoms with Gasteiger partial charge in [-0.25, -0.2) is 9.97 Å². The van der Waals surface area contributed by atoms with Crippen LogP contribution in [0, 0.1) is 0 Å². The average molecular weight is 338 g/mol. The van der Waals surface area contributed by atoms with E-state index in [2.05, 4.69) is 33.8 Å². The van der Waals surface area contributed by atoms with E-state index in [1.807, 2.05) is 0 Å². The summed E-state index contributed by atoms with van der Waals surface area (Å²) < 4.78 is 5.50. The molecule has 1 N–H and O–H groups in total. The fraction of sp³-hybridized carbons (Fsp3) is 0.421. The minimum absolute atomic E-state index is 0.0207. The third kappa shape index (κ3) is 2.98. The van der Waals surface area contributed by atoms with Crippen molar-refractivity contribution in [2.75, 3.05) is 26.3 Å². The molecule has 1 saturated heterocycles. The van der Waals surface area contributed by atoms with Gasteiger partial charge in [0.15, 0.2) is 0 Å². The molecule has 2 aromatic heterocycles. The highest BCUT2D eigenvalue weighted by atomic mass is 16.5. The van der Waals surface area contributed by atoms with Crippen molar-refractivity contribution in [1.29, 1.82) is 0 Å². The first-order valence-corrected chi connectivity index (χ1v) is 8.78. The van der Waals surface area contributed by atoms with Crippen LogP contribution in [-0.4, -0.2) is 52.1 Å². The lowest BCUT2D eigenvalue weighted by molar-refractivity contribution is -0.125. The maximum atomic E-state index is 11.8. The number of H-pyrrole nitrogens is 1. The van der Waals surface area contributed by atoms with Gasteiger partial charge in [0.25, 0.3) is 0 Å². The maximum Gasteiger partial charge on any atom is 0.246 e. The smallest absolute Gasteiger partial charge is 0.246 e. The van der Waals surface area contributed by atoms with Crippen molar-refractivity contribution in [2.24, 2.45) is 0 Å². The lowest BCUT2D eigenvalue weighted by Gasteiger charge is -2.26. The van der Waals surface area contributed by atoms with Gasteiger partial charge in [0.2, 0.25) is 5.91 Å². The van der Waals surface area contributed by atoms with Crippen molar-refractivity contribution in [3.63, 3.8) is 0 Å². The van der Waals surface area contributed by atoms with Gasteiger partial charge in [0.1, 0.15) is 12.0 Å². The Morgan fingerprint density at radius 3 is 2.92 bits per heavy atom. The first-order valence-electron chi connectivity index (χ1n) is 8.78. The molecule has 0 bridgehead atoms. The van der Waals surface area contributed by atoms with Crippen LogP contribution in [0.1, 0.15) is 36.4 Å². The van der Waals surface area contributed by atoms with E-state index in [0.717, 1.165) is 49.2 Å². The molecule has 2 aromatic rings. The van der Waals surface area contributed by atoms with Crippen LogP contribution in [0.2, 0.25) is 0 Å². The number of fused-ring (bicyclic) bond motifs is 1. The Kier molecular flexibility index (Phi) is 4.36. The van der Waals surface area contributed by atoms with Gasteiger partial charge in [0.05, 0.1) is 5.69 Å². The second-order valence-electron chi connectivity index (χ2n) is 6.54. The predicted octanol–water partition coefficient (Wildman–Crippen LogP) is 2.65. The Hall–Kier alpha value is -2.47. The number of aromatic amines is 1. The number of nitrogens with zero attached hydrogens (tertiary/aromatic N) is 3. The Morgan fingerprint density at radius 1 is 1.36 bits per heavy atom. The van der Waals surface area contributed by atoms with Gasteiger partial charge < -0.3 is 14.6 Å². The third-order valence-corrected chi connectivity index (χ3v) is 5.16. The Balaban J connectivity index is 1.70. The van der Waals surface area contributed by atoms with Crippen LogP contribution in [0.25, 0.3) is 16.6 Å². The van der Waals surface area contributed by atoms with Gasteiger partial charge in [-0.2, -0.15) is 0 Å². The standard InChI is InChI=1S/C19H22N4O2/c1-2-16(24)23-7-3-14(4-8-23)18-17-15(13-5-9-25-10-6-13)11-20-19(17)22-12-21-18/h2-3,11-13H,1,4-10H2,(H,20,21,22). The number of hydrogen-bond donors (Lipinski definition) is 1. The van der Waals surface area contributed by atoms with Crippen LogP contribution in [0.15, 0.2) is 31.3 Å². The summed E-state index contributed by atoms with van der Waals surface area (Å²) in [4.78, 5) is 25.9. The molecule has 4 heterocycles. The van der Waals surface area contributed by atoms with E-state index in [0.29, 0.717) is 19.0 Å².